The maximum absolute atomic E-state index is 11.0. The molecule has 1 atom stereocenters. The smallest absolute Gasteiger partial charge is 0.305 e. The number of tetrazole rings is 1. The molecule has 6 nitrogen and oxygen atoms in total. The molecule has 0 saturated heterocycles. The van der Waals surface area contributed by atoms with E-state index >= 15 is 0 Å². The van der Waals surface area contributed by atoms with E-state index in [2.05, 4.69) is 22.4 Å². The molecule has 1 rings (SSSR count). The summed E-state index contributed by atoms with van der Waals surface area (Å²) >= 11 is 0. The van der Waals surface area contributed by atoms with Crippen molar-refractivity contribution in [3.8, 4) is 0 Å². The Morgan fingerprint density at radius 2 is 1.95 bits per heavy atom. The molecule has 0 fully saturated rings. The highest BCUT2D eigenvalue weighted by atomic mass is 16.4. The summed E-state index contributed by atoms with van der Waals surface area (Å²) in [6, 6.07) is -0.173. The minimum absolute atomic E-state index is 0.0611. The monoisotopic (exact) mass is 282 g/mol. The van der Waals surface area contributed by atoms with Crippen LogP contribution in [-0.2, 0) is 11.2 Å². The van der Waals surface area contributed by atoms with Crippen LogP contribution in [0.4, 0.5) is 0 Å². The SMILES string of the molecule is CCCCCCCc1nnnn1C(CC(=O)O)C(C)C. The third-order valence-corrected chi connectivity index (χ3v) is 3.53. The molecule has 0 amide bonds. The van der Waals surface area contributed by atoms with E-state index in [1.807, 2.05) is 13.8 Å². The number of unbranched alkanes of at least 4 members (excludes halogenated alkanes) is 4. The van der Waals surface area contributed by atoms with Gasteiger partial charge < -0.3 is 5.11 Å². The molecule has 1 heterocycles. The molecule has 0 aliphatic rings. The van der Waals surface area contributed by atoms with Gasteiger partial charge in [-0.05, 0) is 22.8 Å². The second-order valence-corrected chi connectivity index (χ2v) is 5.61. The van der Waals surface area contributed by atoms with Gasteiger partial charge in [0.15, 0.2) is 5.82 Å². The van der Waals surface area contributed by atoms with Crippen molar-refractivity contribution in [1.29, 1.82) is 0 Å². The van der Waals surface area contributed by atoms with Crippen LogP contribution < -0.4 is 0 Å². The first-order chi connectivity index (χ1) is 9.56. The van der Waals surface area contributed by atoms with Crippen molar-refractivity contribution in [3.63, 3.8) is 0 Å². The predicted octanol–water partition coefficient (Wildman–Crippen LogP) is 2.86. The number of aliphatic carboxylic acids is 1. The molecule has 1 aromatic heterocycles. The van der Waals surface area contributed by atoms with Crippen LogP contribution >= 0.6 is 0 Å². The number of aryl methyl sites for hydroxylation is 1. The van der Waals surface area contributed by atoms with E-state index < -0.39 is 5.97 Å². The molecule has 6 heteroatoms. The summed E-state index contributed by atoms with van der Waals surface area (Å²) in [6.07, 6.45) is 6.83. The number of carboxylic acid groups (broad SMARTS) is 1. The van der Waals surface area contributed by atoms with E-state index in [1.54, 1.807) is 4.68 Å². The summed E-state index contributed by atoms with van der Waals surface area (Å²) in [4.78, 5) is 11.0. The topological polar surface area (TPSA) is 80.9 Å². The first-order valence-electron chi connectivity index (χ1n) is 7.54. The van der Waals surface area contributed by atoms with Crippen LogP contribution in [0.15, 0.2) is 0 Å². The van der Waals surface area contributed by atoms with Gasteiger partial charge in [0, 0.05) is 6.42 Å². The van der Waals surface area contributed by atoms with Gasteiger partial charge in [-0.15, -0.1) is 5.10 Å². The second-order valence-electron chi connectivity index (χ2n) is 5.61. The Bertz CT molecular complexity index is 404. The summed E-state index contributed by atoms with van der Waals surface area (Å²) in [7, 11) is 0. The highest BCUT2D eigenvalue weighted by molar-refractivity contribution is 5.67. The lowest BCUT2D eigenvalue weighted by molar-refractivity contribution is -0.138. The maximum Gasteiger partial charge on any atom is 0.305 e. The summed E-state index contributed by atoms with van der Waals surface area (Å²) < 4.78 is 1.71. The summed E-state index contributed by atoms with van der Waals surface area (Å²) in [5, 5.41) is 20.8. The first kappa shape index (κ1) is 16.6. The predicted molar refractivity (Wildman–Crippen MR) is 76.4 cm³/mol. The molecular weight excluding hydrogens is 256 g/mol. The third kappa shape index (κ3) is 5.27. The molecule has 0 aliphatic heterocycles. The number of carboxylic acids is 1. The fourth-order valence-electron chi connectivity index (χ4n) is 2.30. The Morgan fingerprint density at radius 3 is 2.55 bits per heavy atom. The fraction of sp³-hybridized carbons (Fsp3) is 0.857. The minimum atomic E-state index is -0.812. The molecule has 0 spiro atoms. The van der Waals surface area contributed by atoms with Crippen LogP contribution in [0.3, 0.4) is 0 Å². The molecular formula is C14H26N4O2. The van der Waals surface area contributed by atoms with Crippen LogP contribution in [0, 0.1) is 5.92 Å². The third-order valence-electron chi connectivity index (χ3n) is 3.53. The number of rotatable bonds is 10. The van der Waals surface area contributed by atoms with E-state index in [9.17, 15) is 4.79 Å². The average Bonchev–Trinajstić information content (AvgIpc) is 2.83. The first-order valence-corrected chi connectivity index (χ1v) is 7.54. The normalized spacial score (nSPS) is 12.8. The summed E-state index contributed by atoms with van der Waals surface area (Å²) in [5.41, 5.74) is 0. The number of nitrogens with zero attached hydrogens (tertiary/aromatic N) is 4. The number of hydrogen-bond donors (Lipinski definition) is 1. The van der Waals surface area contributed by atoms with Crippen LogP contribution in [0.25, 0.3) is 0 Å². The lowest BCUT2D eigenvalue weighted by Gasteiger charge is -2.20. The molecule has 20 heavy (non-hydrogen) atoms. The number of hydrogen-bond acceptors (Lipinski definition) is 4. The van der Waals surface area contributed by atoms with Crippen molar-refractivity contribution in [3.05, 3.63) is 5.82 Å². The average molecular weight is 282 g/mol. The van der Waals surface area contributed by atoms with Gasteiger partial charge in [0.25, 0.3) is 0 Å². The zero-order valence-electron chi connectivity index (χ0n) is 12.7. The fourth-order valence-corrected chi connectivity index (χ4v) is 2.30. The van der Waals surface area contributed by atoms with Gasteiger partial charge in [0.1, 0.15) is 0 Å². The van der Waals surface area contributed by atoms with Gasteiger partial charge in [0.05, 0.1) is 12.5 Å². The summed E-state index contributed by atoms with van der Waals surface area (Å²) in [5.74, 6) is 0.183. The molecule has 0 aromatic carbocycles. The van der Waals surface area contributed by atoms with E-state index in [-0.39, 0.29) is 18.4 Å². The van der Waals surface area contributed by atoms with Crippen LogP contribution in [0.5, 0.6) is 0 Å². The molecule has 0 aliphatic carbocycles. The van der Waals surface area contributed by atoms with Crippen molar-refractivity contribution in [1.82, 2.24) is 20.2 Å². The Balaban J connectivity index is 2.61. The molecule has 0 bridgehead atoms. The van der Waals surface area contributed by atoms with Gasteiger partial charge in [-0.3, -0.25) is 4.79 Å². The van der Waals surface area contributed by atoms with E-state index in [1.165, 1.54) is 25.7 Å². The zero-order valence-corrected chi connectivity index (χ0v) is 12.7. The van der Waals surface area contributed by atoms with Crippen LogP contribution in [0.1, 0.15) is 71.2 Å². The van der Waals surface area contributed by atoms with E-state index in [4.69, 9.17) is 5.11 Å². The summed E-state index contributed by atoms with van der Waals surface area (Å²) in [6.45, 7) is 6.19. The number of aromatic nitrogens is 4. The van der Waals surface area contributed by atoms with Gasteiger partial charge in [-0.1, -0.05) is 46.5 Å². The maximum atomic E-state index is 11.0. The Hall–Kier alpha value is -1.46. The van der Waals surface area contributed by atoms with Crippen molar-refractivity contribution in [2.75, 3.05) is 0 Å². The van der Waals surface area contributed by atoms with Gasteiger partial charge >= 0.3 is 5.97 Å². The lowest BCUT2D eigenvalue weighted by atomic mass is 10.0. The molecule has 0 saturated carbocycles. The Labute approximate surface area is 120 Å². The Morgan fingerprint density at radius 1 is 1.25 bits per heavy atom. The Kier molecular flexibility index (Phi) is 7.18. The van der Waals surface area contributed by atoms with Crippen LogP contribution in [-0.4, -0.2) is 31.3 Å². The van der Waals surface area contributed by atoms with Crippen molar-refractivity contribution in [2.45, 2.75) is 71.8 Å². The minimum Gasteiger partial charge on any atom is -0.481 e. The van der Waals surface area contributed by atoms with Crippen molar-refractivity contribution in [2.24, 2.45) is 5.92 Å². The molecule has 0 radical (unpaired) electrons. The molecule has 1 aromatic rings. The number of carbonyl (C=O) groups is 1. The molecule has 1 N–H and O–H groups in total. The van der Waals surface area contributed by atoms with Crippen molar-refractivity contribution < 1.29 is 9.90 Å². The standard InChI is InChI=1S/C14H26N4O2/c1-4-5-6-7-8-9-13-15-16-17-18(13)12(11(2)3)10-14(19)20/h11-12H,4-10H2,1-3H3,(H,19,20). The highest BCUT2D eigenvalue weighted by Crippen LogP contribution is 2.22. The van der Waals surface area contributed by atoms with Crippen molar-refractivity contribution >= 4 is 5.97 Å². The largest absolute Gasteiger partial charge is 0.481 e. The van der Waals surface area contributed by atoms with Gasteiger partial charge in [0.2, 0.25) is 0 Å². The molecule has 114 valence electrons. The quantitative estimate of drug-likeness (QED) is 0.667. The molecule has 1 unspecified atom stereocenters. The van der Waals surface area contributed by atoms with Crippen LogP contribution in [0.2, 0.25) is 0 Å². The highest BCUT2D eigenvalue weighted by Gasteiger charge is 2.23. The van der Waals surface area contributed by atoms with Gasteiger partial charge in [-0.2, -0.15) is 0 Å². The zero-order chi connectivity index (χ0) is 15.0. The van der Waals surface area contributed by atoms with E-state index in [0.717, 1.165) is 18.7 Å². The van der Waals surface area contributed by atoms with Gasteiger partial charge in [-0.25, -0.2) is 4.68 Å². The van der Waals surface area contributed by atoms with E-state index in [0.29, 0.717) is 0 Å². The lowest BCUT2D eigenvalue weighted by Crippen LogP contribution is -2.22. The second kappa shape index (κ2) is 8.66.